The molecule has 0 unspecified atom stereocenters. The normalized spacial score (nSPS) is 12.4. The largest absolute Gasteiger partial charge is 0.528 e. The standard InChI is InChI=1S/C13H20O7Si/c1-5-8-20-13(16)11(10-12(14)15)7-6-9-21(17-2,18-3)19-4/h5-6,9-10H,1,7-8H2,2-4H3,(H,14,15). The summed E-state index contributed by atoms with van der Waals surface area (Å²) in [7, 11) is 1.41. The van der Waals surface area contributed by atoms with Gasteiger partial charge in [-0.05, 0) is 12.1 Å². The first-order chi connectivity index (χ1) is 9.94. The van der Waals surface area contributed by atoms with E-state index in [0.717, 1.165) is 6.08 Å². The maximum absolute atomic E-state index is 11.7. The number of carbonyl (C=O) groups is 2. The Kier molecular flexibility index (Phi) is 9.22. The number of aliphatic carboxylic acids is 1. The van der Waals surface area contributed by atoms with Crippen LogP contribution < -0.4 is 0 Å². The van der Waals surface area contributed by atoms with Crippen molar-refractivity contribution in [1.82, 2.24) is 0 Å². The molecule has 0 atom stereocenters. The second-order valence-electron chi connectivity index (χ2n) is 3.72. The van der Waals surface area contributed by atoms with Gasteiger partial charge < -0.3 is 23.1 Å². The number of hydrogen-bond acceptors (Lipinski definition) is 6. The molecule has 118 valence electrons. The summed E-state index contributed by atoms with van der Waals surface area (Å²) in [6.45, 7) is 3.42. The average molecular weight is 316 g/mol. The van der Waals surface area contributed by atoms with E-state index in [0.29, 0.717) is 0 Å². The Balaban J connectivity index is 4.96. The Hall–Kier alpha value is -1.74. The molecule has 0 saturated carbocycles. The lowest BCUT2D eigenvalue weighted by atomic mass is 10.2. The van der Waals surface area contributed by atoms with Crippen LogP contribution in [0.1, 0.15) is 6.42 Å². The van der Waals surface area contributed by atoms with Gasteiger partial charge in [-0.1, -0.05) is 18.7 Å². The molecule has 0 spiro atoms. The van der Waals surface area contributed by atoms with Gasteiger partial charge in [-0.25, -0.2) is 9.59 Å². The minimum absolute atomic E-state index is 0.00636. The minimum Gasteiger partial charge on any atom is -0.478 e. The predicted molar refractivity (Wildman–Crippen MR) is 77.4 cm³/mol. The number of rotatable bonds is 10. The zero-order chi connectivity index (χ0) is 16.3. The van der Waals surface area contributed by atoms with Gasteiger partial charge in [0.15, 0.2) is 0 Å². The highest BCUT2D eigenvalue weighted by atomic mass is 28.4. The second-order valence-corrected chi connectivity index (χ2v) is 6.48. The number of allylic oxidation sites excluding steroid dienone is 1. The molecule has 0 fully saturated rings. The van der Waals surface area contributed by atoms with Crippen molar-refractivity contribution in [3.63, 3.8) is 0 Å². The third-order valence-electron chi connectivity index (χ3n) is 2.41. The van der Waals surface area contributed by atoms with Crippen LogP contribution in [0.3, 0.4) is 0 Å². The Labute approximate surface area is 124 Å². The van der Waals surface area contributed by atoms with Crippen molar-refractivity contribution in [3.05, 3.63) is 36.1 Å². The van der Waals surface area contributed by atoms with Gasteiger partial charge in [0.2, 0.25) is 0 Å². The van der Waals surface area contributed by atoms with Crippen molar-refractivity contribution in [3.8, 4) is 0 Å². The quantitative estimate of drug-likeness (QED) is 0.279. The molecule has 0 bridgehead atoms. The number of esters is 1. The molecule has 0 aromatic carbocycles. The van der Waals surface area contributed by atoms with E-state index in [1.807, 2.05) is 0 Å². The number of carbonyl (C=O) groups excluding carboxylic acids is 1. The van der Waals surface area contributed by atoms with Crippen molar-refractivity contribution in [2.45, 2.75) is 6.42 Å². The van der Waals surface area contributed by atoms with E-state index in [1.54, 1.807) is 11.8 Å². The molecule has 0 saturated heterocycles. The van der Waals surface area contributed by atoms with Crippen molar-refractivity contribution < 1.29 is 32.7 Å². The predicted octanol–water partition coefficient (Wildman–Crippen LogP) is 1.09. The second kappa shape index (κ2) is 10.1. The summed E-state index contributed by atoms with van der Waals surface area (Å²) < 4.78 is 20.3. The molecule has 0 aromatic heterocycles. The highest BCUT2D eigenvalue weighted by molar-refractivity contribution is 6.66. The molecule has 21 heavy (non-hydrogen) atoms. The van der Waals surface area contributed by atoms with Crippen molar-refractivity contribution in [1.29, 1.82) is 0 Å². The summed E-state index contributed by atoms with van der Waals surface area (Å²) in [6.07, 6.45) is 3.79. The third kappa shape index (κ3) is 7.00. The highest BCUT2D eigenvalue weighted by Crippen LogP contribution is 2.11. The minimum atomic E-state index is -2.91. The Bertz CT molecular complexity index is 416. The maximum Gasteiger partial charge on any atom is 0.528 e. The van der Waals surface area contributed by atoms with E-state index in [2.05, 4.69) is 6.58 Å². The summed E-state index contributed by atoms with van der Waals surface area (Å²) in [6, 6.07) is 0. The first-order valence-corrected chi connectivity index (χ1v) is 7.79. The van der Waals surface area contributed by atoms with Gasteiger partial charge in [0, 0.05) is 33.0 Å². The number of hydrogen-bond donors (Lipinski definition) is 1. The monoisotopic (exact) mass is 316 g/mol. The summed E-state index contributed by atoms with van der Waals surface area (Å²) >= 11 is 0. The average Bonchev–Trinajstić information content (AvgIpc) is 2.48. The van der Waals surface area contributed by atoms with Gasteiger partial charge in [-0.15, -0.1) is 0 Å². The van der Waals surface area contributed by atoms with Crippen LogP contribution in [0.5, 0.6) is 0 Å². The van der Waals surface area contributed by atoms with Gasteiger partial charge in [-0.2, -0.15) is 0 Å². The van der Waals surface area contributed by atoms with Crippen LogP contribution in [0.15, 0.2) is 36.1 Å². The van der Waals surface area contributed by atoms with Crippen LogP contribution in [-0.2, 0) is 27.6 Å². The number of carboxylic acid groups (broad SMARTS) is 1. The van der Waals surface area contributed by atoms with Crippen LogP contribution >= 0.6 is 0 Å². The van der Waals surface area contributed by atoms with Gasteiger partial charge in [-0.3, -0.25) is 0 Å². The number of carboxylic acids is 1. The molecule has 1 N–H and O–H groups in total. The van der Waals surface area contributed by atoms with Crippen LogP contribution in [0, 0.1) is 0 Å². The van der Waals surface area contributed by atoms with E-state index in [1.165, 1.54) is 27.4 Å². The van der Waals surface area contributed by atoms with Crippen LogP contribution in [0.2, 0.25) is 0 Å². The molecular formula is C13H20O7Si. The molecule has 0 rings (SSSR count). The van der Waals surface area contributed by atoms with E-state index in [4.69, 9.17) is 23.1 Å². The molecular weight excluding hydrogens is 296 g/mol. The summed E-state index contributed by atoms with van der Waals surface area (Å²) in [5, 5.41) is 8.76. The van der Waals surface area contributed by atoms with E-state index >= 15 is 0 Å². The highest BCUT2D eigenvalue weighted by Gasteiger charge is 2.34. The molecule has 7 nitrogen and oxygen atoms in total. The smallest absolute Gasteiger partial charge is 0.478 e. The first kappa shape index (κ1) is 19.3. The fraction of sp³-hybridized carbons (Fsp3) is 0.385. The van der Waals surface area contributed by atoms with Crippen molar-refractivity contribution in [2.75, 3.05) is 27.9 Å². The van der Waals surface area contributed by atoms with E-state index < -0.39 is 20.7 Å². The lowest BCUT2D eigenvalue weighted by Gasteiger charge is -2.20. The van der Waals surface area contributed by atoms with Gasteiger partial charge >= 0.3 is 20.7 Å². The maximum atomic E-state index is 11.7. The summed E-state index contributed by atoms with van der Waals surface area (Å²) in [5.74, 6) is -1.95. The van der Waals surface area contributed by atoms with Crippen molar-refractivity contribution >= 4 is 20.7 Å². The third-order valence-corrected chi connectivity index (χ3v) is 4.76. The first-order valence-electron chi connectivity index (χ1n) is 5.99. The van der Waals surface area contributed by atoms with Crippen molar-refractivity contribution in [2.24, 2.45) is 0 Å². The topological polar surface area (TPSA) is 91.3 Å². The molecule has 0 aliphatic carbocycles. The molecule has 0 aliphatic rings. The molecule has 8 heteroatoms. The molecule has 0 aromatic rings. The van der Waals surface area contributed by atoms with Crippen LogP contribution in [-0.4, -0.2) is 53.8 Å². The lowest BCUT2D eigenvalue weighted by molar-refractivity contribution is -0.139. The summed E-state index contributed by atoms with van der Waals surface area (Å²) in [4.78, 5) is 22.4. The molecule has 0 amide bonds. The van der Waals surface area contributed by atoms with Crippen LogP contribution in [0.25, 0.3) is 0 Å². The Morgan fingerprint density at radius 2 is 1.76 bits per heavy atom. The van der Waals surface area contributed by atoms with Gasteiger partial charge in [0.25, 0.3) is 0 Å². The SMILES string of the molecule is C=CCOC(=O)C(=CC(=O)O)CC=C[Si](OC)(OC)OC. The molecule has 0 radical (unpaired) electrons. The zero-order valence-corrected chi connectivity index (χ0v) is 13.3. The van der Waals surface area contributed by atoms with E-state index in [-0.39, 0.29) is 18.6 Å². The fourth-order valence-corrected chi connectivity index (χ4v) is 2.68. The Morgan fingerprint density at radius 3 is 2.19 bits per heavy atom. The Morgan fingerprint density at radius 1 is 1.19 bits per heavy atom. The van der Waals surface area contributed by atoms with Gasteiger partial charge in [0.1, 0.15) is 6.61 Å². The van der Waals surface area contributed by atoms with E-state index in [9.17, 15) is 9.59 Å². The lowest BCUT2D eigenvalue weighted by Crippen LogP contribution is -2.40. The molecule has 0 heterocycles. The summed E-state index contributed by atoms with van der Waals surface area (Å²) in [5.41, 5.74) is 1.55. The number of ether oxygens (including phenoxy) is 1. The van der Waals surface area contributed by atoms with Crippen LogP contribution in [0.4, 0.5) is 0 Å². The fourth-order valence-electron chi connectivity index (χ4n) is 1.36. The zero-order valence-electron chi connectivity index (χ0n) is 12.3. The molecule has 0 aliphatic heterocycles. The van der Waals surface area contributed by atoms with Gasteiger partial charge in [0.05, 0.1) is 0 Å².